The van der Waals surface area contributed by atoms with Gasteiger partial charge in [-0.15, -0.1) is 11.3 Å². The van der Waals surface area contributed by atoms with Gasteiger partial charge in [0.2, 0.25) is 0 Å². The predicted molar refractivity (Wildman–Crippen MR) is 95.4 cm³/mol. The Bertz CT molecular complexity index is 774. The third-order valence-electron chi connectivity index (χ3n) is 3.59. The Hall–Kier alpha value is -2.15. The van der Waals surface area contributed by atoms with Crippen LogP contribution in [0.1, 0.15) is 26.3 Å². The molecule has 24 heavy (non-hydrogen) atoms. The van der Waals surface area contributed by atoms with Crippen LogP contribution >= 0.6 is 11.3 Å². The molecule has 0 atom stereocenters. The molecule has 2 heterocycles. The zero-order chi connectivity index (χ0) is 17.9. The molecule has 1 amide bonds. The molecule has 7 heteroatoms. The van der Waals surface area contributed by atoms with E-state index in [-0.39, 0.29) is 5.56 Å². The van der Waals surface area contributed by atoms with E-state index < -0.39 is 11.6 Å². The number of rotatable bonds is 4. The van der Waals surface area contributed by atoms with Gasteiger partial charge in [0.05, 0.1) is 18.5 Å². The second kappa shape index (κ2) is 7.17. The van der Waals surface area contributed by atoms with Crippen LogP contribution in [0.2, 0.25) is 0 Å². The van der Waals surface area contributed by atoms with Crippen LogP contribution in [-0.4, -0.2) is 40.0 Å². The van der Waals surface area contributed by atoms with Crippen molar-refractivity contribution in [3.05, 3.63) is 39.5 Å². The lowest BCUT2D eigenvalue weighted by molar-refractivity contribution is 0.0807. The molecule has 2 aromatic heterocycles. The van der Waals surface area contributed by atoms with Crippen LogP contribution in [-0.2, 0) is 11.3 Å². The van der Waals surface area contributed by atoms with Crippen molar-refractivity contribution in [2.45, 2.75) is 39.8 Å². The van der Waals surface area contributed by atoms with Gasteiger partial charge in [0, 0.05) is 18.2 Å². The number of hydrogen-bond acceptors (Lipinski definition) is 5. The van der Waals surface area contributed by atoms with E-state index in [2.05, 4.69) is 5.10 Å². The Morgan fingerprint density at radius 1 is 1.38 bits per heavy atom. The number of nitrogens with zero attached hydrogens (tertiary/aromatic N) is 3. The quantitative estimate of drug-likeness (QED) is 0.850. The Morgan fingerprint density at radius 3 is 2.62 bits per heavy atom. The first kappa shape index (κ1) is 18.2. The van der Waals surface area contributed by atoms with Gasteiger partial charge in [0.15, 0.2) is 0 Å². The number of hydrogen-bond donors (Lipinski definition) is 0. The first-order valence-corrected chi connectivity index (χ1v) is 8.59. The molecule has 0 aliphatic carbocycles. The van der Waals surface area contributed by atoms with E-state index in [1.165, 1.54) is 23.4 Å². The highest BCUT2D eigenvalue weighted by atomic mass is 32.1. The van der Waals surface area contributed by atoms with Crippen molar-refractivity contribution in [2.24, 2.45) is 0 Å². The lowest BCUT2D eigenvalue weighted by Gasteiger charge is -2.34. The smallest absolute Gasteiger partial charge is 0.409 e. The first-order chi connectivity index (χ1) is 11.2. The highest BCUT2D eigenvalue weighted by Gasteiger charge is 2.27. The van der Waals surface area contributed by atoms with Gasteiger partial charge in [-0.05, 0) is 50.8 Å². The first-order valence-electron chi connectivity index (χ1n) is 7.71. The fourth-order valence-corrected chi connectivity index (χ4v) is 3.18. The zero-order valence-corrected chi connectivity index (χ0v) is 15.5. The number of amides is 1. The van der Waals surface area contributed by atoms with Crippen molar-refractivity contribution in [1.29, 1.82) is 0 Å². The van der Waals surface area contributed by atoms with Crippen LogP contribution in [0.15, 0.2) is 28.4 Å². The normalized spacial score (nSPS) is 11.4. The summed E-state index contributed by atoms with van der Waals surface area (Å²) in [6.07, 6.45) is -0.416. The van der Waals surface area contributed by atoms with Crippen molar-refractivity contribution in [3.63, 3.8) is 0 Å². The van der Waals surface area contributed by atoms with Crippen molar-refractivity contribution in [1.82, 2.24) is 14.7 Å². The summed E-state index contributed by atoms with van der Waals surface area (Å²) in [5, 5.41) is 6.48. The van der Waals surface area contributed by atoms with Crippen LogP contribution in [0.3, 0.4) is 0 Å². The van der Waals surface area contributed by atoms with Crippen LogP contribution in [0.4, 0.5) is 4.79 Å². The summed E-state index contributed by atoms with van der Waals surface area (Å²) in [6.45, 7) is 8.44. The third kappa shape index (κ3) is 4.23. The van der Waals surface area contributed by atoms with E-state index in [0.29, 0.717) is 13.1 Å². The Kier molecular flexibility index (Phi) is 5.43. The van der Waals surface area contributed by atoms with Gasteiger partial charge in [-0.25, -0.2) is 9.48 Å². The maximum absolute atomic E-state index is 12.1. The summed E-state index contributed by atoms with van der Waals surface area (Å²) in [6, 6.07) is 5.28. The highest BCUT2D eigenvalue weighted by molar-refractivity contribution is 7.13. The molecule has 0 N–H and O–H groups in total. The van der Waals surface area contributed by atoms with Gasteiger partial charge in [0.1, 0.15) is 5.69 Å². The number of ether oxygens (including phenoxy) is 1. The predicted octanol–water partition coefficient (Wildman–Crippen LogP) is 3.15. The van der Waals surface area contributed by atoms with Crippen LogP contribution in [0, 0.1) is 6.92 Å². The molecule has 0 fully saturated rings. The number of aryl methyl sites for hydroxylation is 1. The molecule has 0 unspecified atom stereocenters. The number of thiophene rings is 1. The van der Waals surface area contributed by atoms with Gasteiger partial charge in [-0.2, -0.15) is 5.10 Å². The number of carbonyl (C=O) groups is 1. The van der Waals surface area contributed by atoms with Crippen LogP contribution < -0.4 is 5.56 Å². The molecule has 0 spiro atoms. The second-order valence-corrected chi connectivity index (χ2v) is 7.47. The molecule has 0 aliphatic rings. The molecule has 0 radical (unpaired) electrons. The van der Waals surface area contributed by atoms with Crippen molar-refractivity contribution in [3.8, 4) is 10.6 Å². The second-order valence-electron chi connectivity index (χ2n) is 6.56. The fraction of sp³-hybridized carbons (Fsp3) is 0.471. The largest absolute Gasteiger partial charge is 0.453 e. The fourth-order valence-electron chi connectivity index (χ4n) is 2.31. The Balaban J connectivity index is 2.23. The van der Waals surface area contributed by atoms with Gasteiger partial charge in [0.25, 0.3) is 5.56 Å². The minimum atomic E-state index is -0.416. The van der Waals surface area contributed by atoms with Gasteiger partial charge in [-0.1, -0.05) is 0 Å². The Labute approximate surface area is 145 Å². The van der Waals surface area contributed by atoms with Gasteiger partial charge >= 0.3 is 6.09 Å². The average Bonchev–Trinajstić information content (AvgIpc) is 2.94. The molecule has 2 rings (SSSR count). The summed E-state index contributed by atoms with van der Waals surface area (Å²) in [5.41, 5.74) is 1.33. The average molecular weight is 349 g/mol. The minimum absolute atomic E-state index is 0.189. The standard InChI is InChI=1S/C17H23N3O3S/c1-12-10-14(24-11-12)13-6-7-15(21)20(18-13)9-8-19(16(22)23-5)17(2,3)4/h6-7,10-11H,8-9H2,1-5H3. The highest BCUT2D eigenvalue weighted by Crippen LogP contribution is 2.24. The molecule has 0 saturated heterocycles. The monoisotopic (exact) mass is 349 g/mol. The lowest BCUT2D eigenvalue weighted by atomic mass is 10.1. The van der Waals surface area contributed by atoms with E-state index in [4.69, 9.17) is 4.74 Å². The van der Waals surface area contributed by atoms with E-state index in [0.717, 1.165) is 10.6 Å². The molecular formula is C17H23N3O3S. The molecular weight excluding hydrogens is 326 g/mol. The van der Waals surface area contributed by atoms with Gasteiger partial charge < -0.3 is 9.64 Å². The van der Waals surface area contributed by atoms with Gasteiger partial charge in [-0.3, -0.25) is 4.79 Å². The molecule has 0 saturated carbocycles. The van der Waals surface area contributed by atoms with Crippen molar-refractivity contribution in [2.75, 3.05) is 13.7 Å². The third-order valence-corrected chi connectivity index (χ3v) is 4.66. The molecule has 2 aromatic rings. The van der Waals surface area contributed by atoms with E-state index in [1.807, 2.05) is 39.1 Å². The lowest BCUT2D eigenvalue weighted by Crippen LogP contribution is -2.47. The molecule has 6 nitrogen and oxygen atoms in total. The summed E-state index contributed by atoms with van der Waals surface area (Å²) in [4.78, 5) is 26.6. The summed E-state index contributed by atoms with van der Waals surface area (Å²) < 4.78 is 6.23. The summed E-state index contributed by atoms with van der Waals surface area (Å²) in [7, 11) is 1.35. The maximum Gasteiger partial charge on any atom is 0.409 e. The topological polar surface area (TPSA) is 64.4 Å². The number of methoxy groups -OCH3 is 1. The van der Waals surface area contributed by atoms with E-state index >= 15 is 0 Å². The van der Waals surface area contributed by atoms with E-state index in [9.17, 15) is 9.59 Å². The molecule has 130 valence electrons. The maximum atomic E-state index is 12.1. The summed E-state index contributed by atoms with van der Waals surface area (Å²) in [5.74, 6) is 0. The van der Waals surface area contributed by atoms with Crippen molar-refractivity contribution >= 4 is 17.4 Å². The Morgan fingerprint density at radius 2 is 2.08 bits per heavy atom. The summed E-state index contributed by atoms with van der Waals surface area (Å²) >= 11 is 1.59. The molecule has 0 aromatic carbocycles. The minimum Gasteiger partial charge on any atom is -0.453 e. The van der Waals surface area contributed by atoms with Crippen molar-refractivity contribution < 1.29 is 9.53 Å². The number of carbonyl (C=O) groups excluding carboxylic acids is 1. The van der Waals surface area contributed by atoms with Crippen LogP contribution in [0.25, 0.3) is 10.6 Å². The SMILES string of the molecule is COC(=O)N(CCn1nc(-c2cc(C)cs2)ccc1=O)C(C)(C)C. The zero-order valence-electron chi connectivity index (χ0n) is 14.7. The van der Waals surface area contributed by atoms with E-state index in [1.54, 1.807) is 22.3 Å². The number of aromatic nitrogens is 2. The van der Waals surface area contributed by atoms with Crippen LogP contribution in [0.5, 0.6) is 0 Å². The molecule has 0 aliphatic heterocycles. The molecule has 0 bridgehead atoms.